The van der Waals surface area contributed by atoms with Gasteiger partial charge in [-0.1, -0.05) is 37.3 Å². The number of para-hydroxylation sites is 1. The third kappa shape index (κ3) is 2.98. The predicted octanol–water partition coefficient (Wildman–Crippen LogP) is 3.73. The number of fused-ring (bicyclic) bond motifs is 3. The number of nitrogens with zero attached hydrogens (tertiary/aromatic N) is 3. The highest BCUT2D eigenvalue weighted by Crippen LogP contribution is 2.22. The van der Waals surface area contributed by atoms with Crippen LogP contribution in [0.3, 0.4) is 0 Å². The highest BCUT2D eigenvalue weighted by atomic mass is 16.5. The van der Waals surface area contributed by atoms with Crippen LogP contribution in [0.25, 0.3) is 22.1 Å². The van der Waals surface area contributed by atoms with Gasteiger partial charge in [0, 0.05) is 17.4 Å². The fraction of sp³-hybridized carbons (Fsp3) is 0.211. The van der Waals surface area contributed by atoms with Crippen molar-refractivity contribution in [2.24, 2.45) is 0 Å². The van der Waals surface area contributed by atoms with Crippen LogP contribution in [-0.4, -0.2) is 33.8 Å². The van der Waals surface area contributed by atoms with Crippen LogP contribution < -0.4 is 10.1 Å². The minimum absolute atomic E-state index is 0.313. The van der Waals surface area contributed by atoms with Crippen LogP contribution in [0.2, 0.25) is 0 Å². The van der Waals surface area contributed by atoms with Crippen molar-refractivity contribution in [3.8, 4) is 5.75 Å². The molecule has 126 valence electrons. The first-order valence-electron chi connectivity index (χ1n) is 8.23. The number of ether oxygens (including phenoxy) is 1. The van der Waals surface area contributed by atoms with Crippen molar-refractivity contribution >= 4 is 28.0 Å². The van der Waals surface area contributed by atoms with Crippen LogP contribution in [0.15, 0.2) is 48.5 Å². The Balaban J connectivity index is 1.51. The Morgan fingerprint density at radius 1 is 1.08 bits per heavy atom. The van der Waals surface area contributed by atoms with Gasteiger partial charge in [-0.2, -0.15) is 4.98 Å². The topological polar surface area (TPSA) is 75.7 Å². The van der Waals surface area contributed by atoms with Crippen LogP contribution in [0.5, 0.6) is 5.75 Å². The minimum Gasteiger partial charge on any atom is -0.497 e. The van der Waals surface area contributed by atoms with Gasteiger partial charge in [0.25, 0.3) is 0 Å². The molecule has 0 fully saturated rings. The lowest BCUT2D eigenvalue weighted by atomic mass is 10.0. The van der Waals surface area contributed by atoms with Gasteiger partial charge in [-0.25, -0.2) is 0 Å². The summed E-state index contributed by atoms with van der Waals surface area (Å²) in [5.74, 6) is 1.70. The van der Waals surface area contributed by atoms with E-state index in [1.54, 1.807) is 7.11 Å². The van der Waals surface area contributed by atoms with Gasteiger partial charge in [0.05, 0.1) is 7.11 Å². The number of benzene rings is 2. The lowest BCUT2D eigenvalue weighted by molar-refractivity contribution is 0.414. The first-order valence-corrected chi connectivity index (χ1v) is 8.23. The molecule has 0 saturated heterocycles. The summed E-state index contributed by atoms with van der Waals surface area (Å²) in [5, 5.41) is 12.8. The van der Waals surface area contributed by atoms with E-state index in [-0.39, 0.29) is 0 Å². The summed E-state index contributed by atoms with van der Waals surface area (Å²) in [6, 6.07) is 16.1. The number of aromatic amines is 1. The van der Waals surface area contributed by atoms with Crippen molar-refractivity contribution in [1.82, 2.24) is 20.2 Å². The number of H-pyrrole nitrogens is 1. The highest BCUT2D eigenvalue weighted by molar-refractivity contribution is 6.03. The van der Waals surface area contributed by atoms with E-state index in [1.807, 2.05) is 36.4 Å². The summed E-state index contributed by atoms with van der Waals surface area (Å²) >= 11 is 0. The standard InChI is InChI=1S/C19H19N5O/c1-12(13-7-9-14(25-2)10-8-13)11-20-19-22-18-17(23-24-19)15-5-3-4-6-16(15)21-18/h3-10,12H,11H2,1-2H3,(H2,20,21,22,24). The van der Waals surface area contributed by atoms with Crippen molar-refractivity contribution in [1.29, 1.82) is 0 Å². The summed E-state index contributed by atoms with van der Waals surface area (Å²) in [6.45, 7) is 2.88. The molecule has 6 nitrogen and oxygen atoms in total. The van der Waals surface area contributed by atoms with E-state index in [4.69, 9.17) is 4.74 Å². The maximum Gasteiger partial charge on any atom is 0.244 e. The van der Waals surface area contributed by atoms with Crippen LogP contribution in [0, 0.1) is 0 Å². The van der Waals surface area contributed by atoms with Gasteiger partial charge in [0.2, 0.25) is 5.95 Å². The summed E-state index contributed by atoms with van der Waals surface area (Å²) < 4.78 is 5.20. The molecule has 0 aliphatic heterocycles. The Kier molecular flexibility index (Phi) is 3.93. The molecule has 0 saturated carbocycles. The van der Waals surface area contributed by atoms with Crippen molar-refractivity contribution in [2.45, 2.75) is 12.8 Å². The summed E-state index contributed by atoms with van der Waals surface area (Å²) in [7, 11) is 1.67. The molecule has 2 aromatic heterocycles. The van der Waals surface area contributed by atoms with E-state index in [0.29, 0.717) is 11.9 Å². The largest absolute Gasteiger partial charge is 0.497 e. The van der Waals surface area contributed by atoms with Crippen LogP contribution in [-0.2, 0) is 0 Å². The van der Waals surface area contributed by atoms with E-state index in [2.05, 4.69) is 44.5 Å². The van der Waals surface area contributed by atoms with Gasteiger partial charge >= 0.3 is 0 Å². The summed E-state index contributed by atoms with van der Waals surface area (Å²) in [6.07, 6.45) is 0. The molecule has 1 atom stereocenters. The molecule has 6 heteroatoms. The second kappa shape index (κ2) is 6.39. The van der Waals surface area contributed by atoms with Gasteiger partial charge in [0.1, 0.15) is 11.3 Å². The zero-order valence-corrected chi connectivity index (χ0v) is 14.2. The Morgan fingerprint density at radius 2 is 1.88 bits per heavy atom. The van der Waals surface area contributed by atoms with Gasteiger partial charge in [-0.05, 0) is 29.7 Å². The average molecular weight is 333 g/mol. The van der Waals surface area contributed by atoms with E-state index in [0.717, 1.165) is 34.4 Å². The molecule has 2 aromatic carbocycles. The van der Waals surface area contributed by atoms with E-state index < -0.39 is 0 Å². The molecule has 4 rings (SSSR count). The van der Waals surface area contributed by atoms with Gasteiger partial charge < -0.3 is 15.0 Å². The maximum atomic E-state index is 5.20. The van der Waals surface area contributed by atoms with E-state index in [1.165, 1.54) is 5.56 Å². The molecule has 2 N–H and O–H groups in total. The molecule has 25 heavy (non-hydrogen) atoms. The molecule has 2 heterocycles. The molecule has 0 radical (unpaired) electrons. The fourth-order valence-corrected chi connectivity index (χ4v) is 2.89. The third-order valence-corrected chi connectivity index (χ3v) is 4.37. The Labute approximate surface area is 145 Å². The molecule has 0 aliphatic carbocycles. The van der Waals surface area contributed by atoms with Crippen molar-refractivity contribution in [3.05, 3.63) is 54.1 Å². The molecule has 1 unspecified atom stereocenters. The quantitative estimate of drug-likeness (QED) is 0.582. The second-order valence-corrected chi connectivity index (χ2v) is 6.06. The van der Waals surface area contributed by atoms with E-state index >= 15 is 0 Å². The smallest absolute Gasteiger partial charge is 0.244 e. The second-order valence-electron chi connectivity index (χ2n) is 6.06. The van der Waals surface area contributed by atoms with Gasteiger partial charge in [0.15, 0.2) is 5.65 Å². The molecule has 4 aromatic rings. The number of rotatable bonds is 5. The zero-order valence-electron chi connectivity index (χ0n) is 14.2. The Hall–Kier alpha value is -3.15. The van der Waals surface area contributed by atoms with Crippen LogP contribution in [0.4, 0.5) is 5.95 Å². The highest BCUT2D eigenvalue weighted by Gasteiger charge is 2.10. The fourth-order valence-electron chi connectivity index (χ4n) is 2.89. The van der Waals surface area contributed by atoms with Gasteiger partial charge in [-0.15, -0.1) is 10.2 Å². The third-order valence-electron chi connectivity index (χ3n) is 4.37. The number of hydrogen-bond acceptors (Lipinski definition) is 5. The lowest BCUT2D eigenvalue weighted by Gasteiger charge is -2.13. The number of nitrogens with one attached hydrogen (secondary N) is 2. The monoisotopic (exact) mass is 333 g/mol. The number of methoxy groups -OCH3 is 1. The first kappa shape index (κ1) is 15.4. The SMILES string of the molecule is COc1ccc(C(C)CNc2nnc3c(n2)[nH]c2ccccc23)cc1. The zero-order chi connectivity index (χ0) is 17.2. The van der Waals surface area contributed by atoms with E-state index in [9.17, 15) is 0 Å². The van der Waals surface area contributed by atoms with Crippen molar-refractivity contribution < 1.29 is 4.74 Å². The van der Waals surface area contributed by atoms with Crippen LogP contribution in [0.1, 0.15) is 18.4 Å². The van der Waals surface area contributed by atoms with Crippen LogP contribution >= 0.6 is 0 Å². The molecule has 0 aliphatic rings. The van der Waals surface area contributed by atoms with Crippen molar-refractivity contribution in [3.63, 3.8) is 0 Å². The lowest BCUT2D eigenvalue weighted by Crippen LogP contribution is -2.12. The number of hydrogen-bond donors (Lipinski definition) is 2. The van der Waals surface area contributed by atoms with Crippen molar-refractivity contribution in [2.75, 3.05) is 19.0 Å². The molecule has 0 bridgehead atoms. The summed E-state index contributed by atoms with van der Waals surface area (Å²) in [4.78, 5) is 7.83. The predicted molar refractivity (Wildman–Crippen MR) is 99.1 cm³/mol. The molecule has 0 spiro atoms. The maximum absolute atomic E-state index is 5.20. The normalized spacial score (nSPS) is 12.4. The number of aromatic nitrogens is 4. The Bertz CT molecular complexity index is 1010. The minimum atomic E-state index is 0.313. The molecular formula is C19H19N5O. The number of anilines is 1. The van der Waals surface area contributed by atoms with Gasteiger partial charge in [-0.3, -0.25) is 0 Å². The average Bonchev–Trinajstić information content (AvgIpc) is 3.04. The molecule has 0 amide bonds. The Morgan fingerprint density at radius 3 is 2.68 bits per heavy atom. The summed E-state index contributed by atoms with van der Waals surface area (Å²) in [5.41, 5.74) is 3.79. The molecular weight excluding hydrogens is 314 g/mol. The first-order chi connectivity index (χ1) is 12.2.